The van der Waals surface area contributed by atoms with Gasteiger partial charge in [-0.15, -0.1) is 0 Å². The summed E-state index contributed by atoms with van der Waals surface area (Å²) in [5.41, 5.74) is 5.89. The second-order valence-electron chi connectivity index (χ2n) is 4.01. The number of amides is 1. The van der Waals surface area contributed by atoms with Crippen LogP contribution < -0.4 is 5.73 Å². The Morgan fingerprint density at radius 2 is 2.29 bits per heavy atom. The van der Waals surface area contributed by atoms with Crippen molar-refractivity contribution >= 4 is 17.7 Å². The molecule has 0 bridgehead atoms. The lowest BCUT2D eigenvalue weighted by molar-refractivity contribution is -0.130. The van der Waals surface area contributed by atoms with E-state index in [1.54, 1.807) is 16.7 Å². The summed E-state index contributed by atoms with van der Waals surface area (Å²) in [7, 11) is 1.86. The Labute approximate surface area is 90.4 Å². The van der Waals surface area contributed by atoms with E-state index in [1.807, 2.05) is 13.3 Å². The largest absolute Gasteiger partial charge is 0.345 e. The zero-order valence-corrected chi connectivity index (χ0v) is 9.85. The lowest BCUT2D eigenvalue weighted by atomic mass is 10.1. The first-order chi connectivity index (χ1) is 6.65. The van der Waals surface area contributed by atoms with Crippen LogP contribution in [0.5, 0.6) is 0 Å². The number of nitrogens with zero attached hydrogens (tertiary/aromatic N) is 1. The maximum Gasteiger partial charge on any atom is 0.223 e. The maximum atomic E-state index is 11.6. The van der Waals surface area contributed by atoms with Gasteiger partial charge in [-0.25, -0.2) is 0 Å². The van der Waals surface area contributed by atoms with Gasteiger partial charge < -0.3 is 10.6 Å². The third-order valence-electron chi connectivity index (χ3n) is 2.69. The topological polar surface area (TPSA) is 46.3 Å². The number of thioether (sulfide) groups is 1. The summed E-state index contributed by atoms with van der Waals surface area (Å²) >= 11 is 1.76. The number of nitrogens with two attached hydrogens (primary N) is 1. The number of carbonyl (C=O) groups excluding carboxylic acids is 1. The molecule has 1 rings (SSSR count). The van der Waals surface area contributed by atoms with Crippen LogP contribution in [0.1, 0.15) is 19.3 Å². The Kier molecular flexibility index (Phi) is 4.75. The summed E-state index contributed by atoms with van der Waals surface area (Å²) in [6, 6.07) is 0.0965. The van der Waals surface area contributed by atoms with Crippen LogP contribution in [0, 0.1) is 5.92 Å². The Bertz CT molecular complexity index is 195. The number of carbonyl (C=O) groups is 1. The summed E-state index contributed by atoms with van der Waals surface area (Å²) in [6.45, 7) is 0.831. The highest BCUT2D eigenvalue weighted by Gasteiger charge is 2.30. The molecule has 3 nitrogen and oxygen atoms in total. The van der Waals surface area contributed by atoms with Gasteiger partial charge in [0.1, 0.15) is 0 Å². The molecule has 1 aliphatic rings. The summed E-state index contributed by atoms with van der Waals surface area (Å²) in [5, 5.41) is 0. The van der Waals surface area contributed by atoms with Crippen LogP contribution in [0.4, 0.5) is 0 Å². The Hall–Kier alpha value is -0.220. The molecule has 0 aliphatic heterocycles. The number of hydrogen-bond donors (Lipinski definition) is 1. The summed E-state index contributed by atoms with van der Waals surface area (Å²) in [4.78, 5) is 13.4. The van der Waals surface area contributed by atoms with E-state index in [4.69, 9.17) is 5.73 Å². The van der Waals surface area contributed by atoms with Gasteiger partial charge in [0.2, 0.25) is 5.91 Å². The minimum Gasteiger partial charge on any atom is -0.345 e. The molecule has 4 heteroatoms. The molecule has 0 spiro atoms. The molecule has 2 N–H and O–H groups in total. The van der Waals surface area contributed by atoms with Crippen LogP contribution in [-0.2, 0) is 4.79 Å². The molecule has 0 aromatic heterocycles. The molecular weight excluding hydrogens is 196 g/mol. The first-order valence-electron chi connectivity index (χ1n) is 5.13. The van der Waals surface area contributed by atoms with E-state index in [2.05, 4.69) is 0 Å². The van der Waals surface area contributed by atoms with Gasteiger partial charge in [0, 0.05) is 31.8 Å². The van der Waals surface area contributed by atoms with E-state index in [9.17, 15) is 4.79 Å². The molecule has 0 saturated heterocycles. The van der Waals surface area contributed by atoms with Crippen molar-refractivity contribution in [3.63, 3.8) is 0 Å². The SMILES string of the molecule is CSCCN(C)C(=O)CC(N)C1CC1. The van der Waals surface area contributed by atoms with E-state index < -0.39 is 0 Å². The summed E-state index contributed by atoms with van der Waals surface area (Å²) in [5.74, 6) is 1.81. The van der Waals surface area contributed by atoms with Gasteiger partial charge >= 0.3 is 0 Å². The predicted molar refractivity (Wildman–Crippen MR) is 61.3 cm³/mol. The van der Waals surface area contributed by atoms with Crippen molar-refractivity contribution in [2.24, 2.45) is 11.7 Å². The molecule has 1 unspecified atom stereocenters. The monoisotopic (exact) mass is 216 g/mol. The first kappa shape index (κ1) is 11.9. The maximum absolute atomic E-state index is 11.6. The van der Waals surface area contributed by atoms with Gasteiger partial charge in [0.05, 0.1) is 0 Å². The highest BCUT2D eigenvalue weighted by molar-refractivity contribution is 7.98. The van der Waals surface area contributed by atoms with Crippen molar-refractivity contribution in [3.05, 3.63) is 0 Å². The summed E-state index contributed by atoms with van der Waals surface area (Å²) < 4.78 is 0. The van der Waals surface area contributed by atoms with E-state index >= 15 is 0 Å². The normalized spacial score (nSPS) is 17.9. The molecule has 1 aliphatic carbocycles. The molecule has 14 heavy (non-hydrogen) atoms. The lowest BCUT2D eigenvalue weighted by Crippen LogP contribution is -2.35. The molecule has 82 valence electrons. The average Bonchev–Trinajstić information content (AvgIpc) is 2.96. The molecule has 1 atom stereocenters. The van der Waals surface area contributed by atoms with Crippen LogP contribution in [0.15, 0.2) is 0 Å². The third kappa shape index (κ3) is 3.88. The fourth-order valence-corrected chi connectivity index (χ4v) is 1.86. The molecule has 0 radical (unpaired) electrons. The molecule has 1 saturated carbocycles. The Morgan fingerprint density at radius 1 is 1.64 bits per heavy atom. The summed E-state index contributed by atoms with van der Waals surface area (Å²) in [6.07, 6.45) is 5.00. The van der Waals surface area contributed by atoms with Gasteiger partial charge in [-0.1, -0.05) is 0 Å². The fourth-order valence-electron chi connectivity index (χ4n) is 1.40. The van der Waals surface area contributed by atoms with Crippen molar-refractivity contribution in [3.8, 4) is 0 Å². The van der Waals surface area contributed by atoms with Crippen LogP contribution >= 0.6 is 11.8 Å². The second-order valence-corrected chi connectivity index (χ2v) is 5.00. The minimum absolute atomic E-state index is 0.0965. The first-order valence-corrected chi connectivity index (χ1v) is 6.53. The van der Waals surface area contributed by atoms with Gasteiger partial charge in [0.25, 0.3) is 0 Å². The zero-order valence-electron chi connectivity index (χ0n) is 9.03. The Morgan fingerprint density at radius 3 is 2.79 bits per heavy atom. The van der Waals surface area contributed by atoms with Gasteiger partial charge in [0.15, 0.2) is 0 Å². The van der Waals surface area contributed by atoms with Crippen LogP contribution in [0.2, 0.25) is 0 Å². The molecule has 0 heterocycles. The molecule has 1 fully saturated rings. The predicted octanol–water partition coefficient (Wildman–Crippen LogP) is 0.935. The zero-order chi connectivity index (χ0) is 10.6. The number of hydrogen-bond acceptors (Lipinski definition) is 3. The minimum atomic E-state index is 0.0965. The molecule has 0 aromatic carbocycles. The Balaban J connectivity index is 2.18. The third-order valence-corrected chi connectivity index (χ3v) is 3.29. The van der Waals surface area contributed by atoms with Crippen molar-refractivity contribution in [2.75, 3.05) is 25.6 Å². The quantitative estimate of drug-likeness (QED) is 0.718. The average molecular weight is 216 g/mol. The van der Waals surface area contributed by atoms with E-state index in [0.29, 0.717) is 12.3 Å². The van der Waals surface area contributed by atoms with Gasteiger partial charge in [-0.2, -0.15) is 11.8 Å². The van der Waals surface area contributed by atoms with Crippen molar-refractivity contribution < 1.29 is 4.79 Å². The fraction of sp³-hybridized carbons (Fsp3) is 0.900. The van der Waals surface area contributed by atoms with Gasteiger partial charge in [-0.3, -0.25) is 4.79 Å². The van der Waals surface area contributed by atoms with Gasteiger partial charge in [-0.05, 0) is 25.0 Å². The lowest BCUT2D eigenvalue weighted by Gasteiger charge is -2.18. The highest BCUT2D eigenvalue weighted by Crippen LogP contribution is 2.32. The van der Waals surface area contributed by atoms with E-state index in [-0.39, 0.29) is 11.9 Å². The van der Waals surface area contributed by atoms with E-state index in [1.165, 1.54) is 12.8 Å². The smallest absolute Gasteiger partial charge is 0.223 e. The molecule has 0 aromatic rings. The highest BCUT2D eigenvalue weighted by atomic mass is 32.2. The van der Waals surface area contributed by atoms with Crippen LogP contribution in [0.25, 0.3) is 0 Å². The van der Waals surface area contributed by atoms with Crippen LogP contribution in [0.3, 0.4) is 0 Å². The van der Waals surface area contributed by atoms with Crippen molar-refractivity contribution in [1.29, 1.82) is 0 Å². The molecule has 1 amide bonds. The van der Waals surface area contributed by atoms with Crippen molar-refractivity contribution in [2.45, 2.75) is 25.3 Å². The van der Waals surface area contributed by atoms with E-state index in [0.717, 1.165) is 12.3 Å². The standard InChI is InChI=1S/C10H20N2OS/c1-12(5-6-14-2)10(13)7-9(11)8-3-4-8/h8-9H,3-7,11H2,1-2H3. The second kappa shape index (κ2) is 5.61. The van der Waals surface area contributed by atoms with Crippen molar-refractivity contribution in [1.82, 2.24) is 4.90 Å². The number of rotatable bonds is 6. The van der Waals surface area contributed by atoms with Crippen LogP contribution in [-0.4, -0.2) is 42.4 Å². The molecular formula is C10H20N2OS.